The van der Waals surface area contributed by atoms with Crippen molar-refractivity contribution in [1.29, 1.82) is 0 Å². The lowest BCUT2D eigenvalue weighted by atomic mass is 10.1. The standard InChI is InChI=1S/C14H9BrN2O2/c15-12-9(4-3-7-16-12)8-17-13(18)10-5-1-2-6-11(10)14(17)19/h1-7H,8H2. The smallest absolute Gasteiger partial charge is 0.261 e. The third kappa shape index (κ3) is 1.96. The summed E-state index contributed by atoms with van der Waals surface area (Å²) < 4.78 is 0.645. The molecule has 0 unspecified atom stereocenters. The number of hydrogen-bond acceptors (Lipinski definition) is 3. The molecule has 0 fully saturated rings. The van der Waals surface area contributed by atoms with E-state index in [1.807, 2.05) is 6.07 Å². The Hall–Kier alpha value is -2.01. The molecule has 1 aromatic carbocycles. The maximum absolute atomic E-state index is 12.2. The van der Waals surface area contributed by atoms with Gasteiger partial charge in [-0.3, -0.25) is 14.5 Å². The number of carbonyl (C=O) groups excluding carboxylic acids is 2. The average molecular weight is 317 g/mol. The van der Waals surface area contributed by atoms with Crippen LogP contribution in [-0.2, 0) is 6.54 Å². The Bertz CT molecular complexity index is 650. The van der Waals surface area contributed by atoms with Crippen LogP contribution in [-0.4, -0.2) is 21.7 Å². The molecule has 4 nitrogen and oxygen atoms in total. The molecule has 0 radical (unpaired) electrons. The monoisotopic (exact) mass is 316 g/mol. The molecule has 0 N–H and O–H groups in total. The molecule has 2 heterocycles. The molecule has 0 saturated heterocycles. The van der Waals surface area contributed by atoms with Gasteiger partial charge in [0.05, 0.1) is 17.7 Å². The van der Waals surface area contributed by atoms with Crippen molar-refractivity contribution >= 4 is 27.7 Å². The molecule has 1 aliphatic rings. The van der Waals surface area contributed by atoms with Crippen LogP contribution >= 0.6 is 15.9 Å². The second-order valence-corrected chi connectivity index (χ2v) is 4.95. The summed E-state index contributed by atoms with van der Waals surface area (Å²) in [7, 11) is 0. The van der Waals surface area contributed by atoms with E-state index in [2.05, 4.69) is 20.9 Å². The van der Waals surface area contributed by atoms with E-state index in [0.717, 1.165) is 5.56 Å². The fraction of sp³-hybridized carbons (Fsp3) is 0.0714. The Morgan fingerprint density at radius 1 is 1.00 bits per heavy atom. The van der Waals surface area contributed by atoms with Crippen LogP contribution in [0.1, 0.15) is 26.3 Å². The number of rotatable bonds is 2. The molecular weight excluding hydrogens is 308 g/mol. The minimum atomic E-state index is -0.253. The van der Waals surface area contributed by atoms with Crippen molar-refractivity contribution in [2.75, 3.05) is 0 Å². The number of aromatic nitrogens is 1. The van der Waals surface area contributed by atoms with Crippen LogP contribution in [0.25, 0.3) is 0 Å². The van der Waals surface area contributed by atoms with Gasteiger partial charge >= 0.3 is 0 Å². The largest absolute Gasteiger partial charge is 0.270 e. The Labute approximate surface area is 118 Å². The maximum atomic E-state index is 12.2. The fourth-order valence-electron chi connectivity index (χ4n) is 2.09. The van der Waals surface area contributed by atoms with Crippen LogP contribution in [0.2, 0.25) is 0 Å². The molecule has 2 aromatic rings. The molecule has 0 aliphatic carbocycles. The van der Waals surface area contributed by atoms with E-state index in [0.29, 0.717) is 15.7 Å². The summed E-state index contributed by atoms with van der Waals surface area (Å²) in [6.45, 7) is 0.223. The third-order valence-electron chi connectivity index (χ3n) is 3.04. The summed E-state index contributed by atoms with van der Waals surface area (Å²) in [5, 5.41) is 0. The van der Waals surface area contributed by atoms with E-state index < -0.39 is 0 Å². The highest BCUT2D eigenvalue weighted by Gasteiger charge is 2.35. The number of nitrogens with zero attached hydrogens (tertiary/aromatic N) is 2. The lowest BCUT2D eigenvalue weighted by Crippen LogP contribution is -2.29. The van der Waals surface area contributed by atoms with E-state index in [4.69, 9.17) is 0 Å². The number of imide groups is 1. The first-order chi connectivity index (χ1) is 9.18. The highest BCUT2D eigenvalue weighted by molar-refractivity contribution is 9.10. The molecule has 0 spiro atoms. The quantitative estimate of drug-likeness (QED) is 0.632. The number of benzene rings is 1. The van der Waals surface area contributed by atoms with E-state index >= 15 is 0 Å². The third-order valence-corrected chi connectivity index (χ3v) is 3.76. The van der Waals surface area contributed by atoms with Crippen molar-refractivity contribution in [3.8, 4) is 0 Å². The summed E-state index contributed by atoms with van der Waals surface area (Å²) in [5.74, 6) is -0.507. The van der Waals surface area contributed by atoms with Gasteiger partial charge < -0.3 is 0 Å². The molecule has 94 valence electrons. The normalized spacial score (nSPS) is 13.8. The lowest BCUT2D eigenvalue weighted by Gasteiger charge is -2.14. The highest BCUT2D eigenvalue weighted by Crippen LogP contribution is 2.25. The molecule has 19 heavy (non-hydrogen) atoms. The highest BCUT2D eigenvalue weighted by atomic mass is 79.9. The summed E-state index contributed by atoms with van der Waals surface area (Å²) in [5.41, 5.74) is 1.73. The number of carbonyl (C=O) groups is 2. The van der Waals surface area contributed by atoms with Crippen LogP contribution in [0.15, 0.2) is 47.2 Å². The maximum Gasteiger partial charge on any atom is 0.261 e. The van der Waals surface area contributed by atoms with E-state index in [9.17, 15) is 9.59 Å². The Morgan fingerprint density at radius 2 is 1.63 bits per heavy atom. The van der Waals surface area contributed by atoms with Gasteiger partial charge in [0.1, 0.15) is 4.60 Å². The second kappa shape index (κ2) is 4.59. The Balaban J connectivity index is 1.95. The zero-order valence-electron chi connectivity index (χ0n) is 9.84. The topological polar surface area (TPSA) is 50.3 Å². The molecular formula is C14H9BrN2O2. The Morgan fingerprint density at radius 3 is 2.21 bits per heavy atom. The average Bonchev–Trinajstić information content (AvgIpc) is 2.67. The minimum absolute atomic E-state index is 0.223. The number of amides is 2. The van der Waals surface area contributed by atoms with Crippen LogP contribution < -0.4 is 0 Å². The predicted octanol–water partition coefficient (Wildman–Crippen LogP) is 2.64. The first-order valence-corrected chi connectivity index (χ1v) is 6.52. The summed E-state index contributed by atoms with van der Waals surface area (Å²) in [6, 6.07) is 10.5. The Kier molecular flexibility index (Phi) is 2.91. The van der Waals surface area contributed by atoms with Gasteiger partial charge in [-0.15, -0.1) is 0 Å². The number of halogens is 1. The van der Waals surface area contributed by atoms with Crippen molar-refractivity contribution in [3.05, 3.63) is 63.9 Å². The van der Waals surface area contributed by atoms with Gasteiger partial charge in [0.15, 0.2) is 0 Å². The van der Waals surface area contributed by atoms with E-state index in [1.54, 1.807) is 36.5 Å². The van der Waals surface area contributed by atoms with Crippen molar-refractivity contribution in [2.24, 2.45) is 0 Å². The molecule has 0 saturated carbocycles. The number of pyridine rings is 1. The van der Waals surface area contributed by atoms with Gasteiger partial charge in [0.2, 0.25) is 0 Å². The van der Waals surface area contributed by atoms with Gasteiger partial charge in [-0.1, -0.05) is 18.2 Å². The van der Waals surface area contributed by atoms with Crippen molar-refractivity contribution in [2.45, 2.75) is 6.54 Å². The molecule has 1 aliphatic heterocycles. The molecule has 2 amide bonds. The zero-order chi connectivity index (χ0) is 13.4. The first-order valence-electron chi connectivity index (χ1n) is 5.73. The van der Waals surface area contributed by atoms with Gasteiger partial charge in [-0.05, 0) is 34.1 Å². The van der Waals surface area contributed by atoms with E-state index in [1.165, 1.54) is 4.90 Å². The molecule has 5 heteroatoms. The zero-order valence-corrected chi connectivity index (χ0v) is 11.4. The first kappa shape index (κ1) is 12.0. The molecule has 0 bridgehead atoms. The van der Waals surface area contributed by atoms with E-state index in [-0.39, 0.29) is 18.4 Å². The van der Waals surface area contributed by atoms with Crippen molar-refractivity contribution in [3.63, 3.8) is 0 Å². The number of hydrogen-bond donors (Lipinski definition) is 0. The van der Waals surface area contributed by atoms with Gasteiger partial charge in [0, 0.05) is 11.8 Å². The SMILES string of the molecule is O=C1c2ccccc2C(=O)N1Cc1cccnc1Br. The van der Waals surface area contributed by atoms with Gasteiger partial charge in [-0.2, -0.15) is 0 Å². The lowest BCUT2D eigenvalue weighted by molar-refractivity contribution is 0.0642. The minimum Gasteiger partial charge on any atom is -0.270 e. The van der Waals surface area contributed by atoms with Crippen molar-refractivity contribution < 1.29 is 9.59 Å². The summed E-state index contributed by atoms with van der Waals surface area (Å²) in [6.07, 6.45) is 1.65. The number of fused-ring (bicyclic) bond motifs is 1. The molecule has 3 rings (SSSR count). The van der Waals surface area contributed by atoms with Crippen molar-refractivity contribution in [1.82, 2.24) is 9.88 Å². The van der Waals surface area contributed by atoms with Crippen LogP contribution in [0, 0.1) is 0 Å². The summed E-state index contributed by atoms with van der Waals surface area (Å²) >= 11 is 3.32. The van der Waals surface area contributed by atoms with Crippen LogP contribution in [0.5, 0.6) is 0 Å². The van der Waals surface area contributed by atoms with Crippen LogP contribution in [0.4, 0.5) is 0 Å². The fourth-order valence-corrected chi connectivity index (χ4v) is 2.47. The molecule has 1 aromatic heterocycles. The van der Waals surface area contributed by atoms with Gasteiger partial charge in [0.25, 0.3) is 11.8 Å². The van der Waals surface area contributed by atoms with Gasteiger partial charge in [-0.25, -0.2) is 4.98 Å². The second-order valence-electron chi connectivity index (χ2n) is 4.20. The predicted molar refractivity (Wildman–Crippen MR) is 72.6 cm³/mol. The molecule has 0 atom stereocenters. The van der Waals surface area contributed by atoms with Crippen LogP contribution in [0.3, 0.4) is 0 Å². The summed E-state index contributed by atoms with van der Waals surface area (Å²) in [4.78, 5) is 29.7.